The van der Waals surface area contributed by atoms with Crippen molar-refractivity contribution in [3.8, 4) is 0 Å². The number of fused-ring (bicyclic) bond motifs is 1. The van der Waals surface area contributed by atoms with Gasteiger partial charge in [-0.05, 0) is 12.1 Å². The second-order valence-corrected chi connectivity index (χ2v) is 5.48. The highest BCUT2D eigenvalue weighted by atomic mass is 35.5. The fourth-order valence-corrected chi connectivity index (χ4v) is 2.88. The van der Waals surface area contributed by atoms with E-state index in [9.17, 15) is 9.90 Å². The molecule has 0 amide bonds. The van der Waals surface area contributed by atoms with Crippen LogP contribution in [0.25, 0.3) is 0 Å². The van der Waals surface area contributed by atoms with Crippen molar-refractivity contribution in [1.82, 2.24) is 15.2 Å². The van der Waals surface area contributed by atoms with Crippen molar-refractivity contribution >= 4 is 29.2 Å². The molecule has 1 atom stereocenters. The topological polar surface area (TPSA) is 90.9 Å². The summed E-state index contributed by atoms with van der Waals surface area (Å²) in [7, 11) is 0. The maximum Gasteiger partial charge on any atom is 0.362 e. The Morgan fingerprint density at radius 3 is 2.84 bits per heavy atom. The summed E-state index contributed by atoms with van der Waals surface area (Å²) >= 11 is 7.09. The van der Waals surface area contributed by atoms with E-state index in [4.69, 9.17) is 11.6 Å². The Kier molecular flexibility index (Phi) is 2.96. The summed E-state index contributed by atoms with van der Waals surface area (Å²) in [6.07, 6.45) is 0. The van der Waals surface area contributed by atoms with Crippen molar-refractivity contribution in [2.75, 3.05) is 11.1 Å². The number of thioether (sulfide) groups is 1. The highest BCUT2D eigenvalue weighted by Gasteiger charge is 2.35. The van der Waals surface area contributed by atoms with E-state index in [0.29, 0.717) is 27.2 Å². The molecule has 1 aliphatic heterocycles. The van der Waals surface area contributed by atoms with Gasteiger partial charge >= 0.3 is 5.69 Å². The SMILES string of the molecule is O=c1nc2c(n[nH]1)NC(O)(c1ccc(Cl)cc1)CS2. The van der Waals surface area contributed by atoms with E-state index in [2.05, 4.69) is 20.5 Å². The van der Waals surface area contributed by atoms with Gasteiger partial charge in [0.05, 0.1) is 5.75 Å². The molecule has 2 heterocycles. The van der Waals surface area contributed by atoms with Crippen LogP contribution in [-0.4, -0.2) is 26.0 Å². The fraction of sp³-hybridized carbons (Fsp3) is 0.182. The molecule has 6 nitrogen and oxygen atoms in total. The second kappa shape index (κ2) is 4.52. The van der Waals surface area contributed by atoms with Gasteiger partial charge in [0.15, 0.2) is 11.5 Å². The average Bonchev–Trinajstić information content (AvgIpc) is 2.40. The lowest BCUT2D eigenvalue weighted by molar-refractivity contribution is 0.0915. The zero-order valence-electron chi connectivity index (χ0n) is 9.55. The number of halogens is 1. The predicted octanol–water partition coefficient (Wildman–Crippen LogP) is 1.18. The maximum absolute atomic E-state index is 11.1. The zero-order valence-corrected chi connectivity index (χ0v) is 11.1. The number of aromatic amines is 1. The standard InChI is InChI=1S/C11H9ClN4O2S/c12-7-3-1-6(2-4-7)11(18)5-19-9-8(14-11)15-16-10(17)13-9/h1-4,18H,5H2,(H,14,15)(H,13,16,17). The normalized spacial score (nSPS) is 21.6. The van der Waals surface area contributed by atoms with Crippen LogP contribution in [-0.2, 0) is 5.72 Å². The monoisotopic (exact) mass is 296 g/mol. The number of nitrogens with one attached hydrogen (secondary N) is 2. The van der Waals surface area contributed by atoms with Crippen LogP contribution >= 0.6 is 23.4 Å². The molecule has 0 saturated carbocycles. The third kappa shape index (κ3) is 2.32. The van der Waals surface area contributed by atoms with Crippen molar-refractivity contribution in [2.45, 2.75) is 10.8 Å². The lowest BCUT2D eigenvalue weighted by Crippen LogP contribution is -2.41. The van der Waals surface area contributed by atoms with Crippen LogP contribution in [0.15, 0.2) is 34.1 Å². The summed E-state index contributed by atoms with van der Waals surface area (Å²) < 4.78 is 0. The molecular formula is C11H9ClN4O2S. The molecule has 0 bridgehead atoms. The van der Waals surface area contributed by atoms with Crippen LogP contribution in [0.4, 0.5) is 5.82 Å². The van der Waals surface area contributed by atoms with E-state index in [-0.39, 0.29) is 0 Å². The Balaban J connectivity index is 1.97. The molecule has 2 aromatic rings. The molecule has 0 saturated heterocycles. The quantitative estimate of drug-likeness (QED) is 0.732. The van der Waals surface area contributed by atoms with E-state index >= 15 is 0 Å². The number of hydrogen-bond acceptors (Lipinski definition) is 6. The number of aromatic nitrogens is 3. The number of hydrogen-bond donors (Lipinski definition) is 3. The van der Waals surface area contributed by atoms with Crippen molar-refractivity contribution in [3.05, 3.63) is 45.3 Å². The summed E-state index contributed by atoms with van der Waals surface area (Å²) in [5.74, 6) is 0.674. The molecule has 0 aliphatic carbocycles. The molecule has 0 fully saturated rings. The second-order valence-electron chi connectivity index (χ2n) is 4.08. The minimum atomic E-state index is -1.27. The summed E-state index contributed by atoms with van der Waals surface area (Å²) in [5, 5.41) is 20.6. The van der Waals surface area contributed by atoms with Gasteiger partial charge in [0.2, 0.25) is 0 Å². The lowest BCUT2D eigenvalue weighted by atomic mass is 10.0. The maximum atomic E-state index is 11.1. The minimum Gasteiger partial charge on any atom is -0.366 e. The number of rotatable bonds is 1. The van der Waals surface area contributed by atoms with E-state index in [1.54, 1.807) is 24.3 Å². The first kappa shape index (κ1) is 12.5. The number of anilines is 1. The van der Waals surface area contributed by atoms with Crippen LogP contribution in [0.1, 0.15) is 5.56 Å². The van der Waals surface area contributed by atoms with Crippen LogP contribution < -0.4 is 11.0 Å². The molecule has 1 aliphatic rings. The highest BCUT2D eigenvalue weighted by molar-refractivity contribution is 7.99. The molecule has 3 rings (SSSR count). The average molecular weight is 297 g/mol. The van der Waals surface area contributed by atoms with Crippen LogP contribution in [0.5, 0.6) is 0 Å². The molecule has 1 aromatic carbocycles. The summed E-state index contributed by atoms with van der Waals surface area (Å²) in [4.78, 5) is 14.8. The first-order valence-corrected chi connectivity index (χ1v) is 6.79. The van der Waals surface area contributed by atoms with Gasteiger partial charge in [-0.1, -0.05) is 35.5 Å². The first-order chi connectivity index (χ1) is 9.07. The Bertz CT molecular complexity index is 675. The number of nitrogens with zero attached hydrogens (tertiary/aromatic N) is 2. The summed E-state index contributed by atoms with van der Waals surface area (Å²) in [6, 6.07) is 6.88. The van der Waals surface area contributed by atoms with Crippen LogP contribution in [0, 0.1) is 0 Å². The van der Waals surface area contributed by atoms with Gasteiger partial charge in [0.1, 0.15) is 5.03 Å². The van der Waals surface area contributed by atoms with E-state index in [0.717, 1.165) is 0 Å². The van der Waals surface area contributed by atoms with Gasteiger partial charge < -0.3 is 10.4 Å². The van der Waals surface area contributed by atoms with Gasteiger partial charge in [-0.15, -0.1) is 0 Å². The minimum absolute atomic E-state index is 0.319. The van der Waals surface area contributed by atoms with Gasteiger partial charge in [-0.3, -0.25) is 0 Å². The van der Waals surface area contributed by atoms with Crippen LogP contribution in [0.2, 0.25) is 5.02 Å². The molecule has 3 N–H and O–H groups in total. The van der Waals surface area contributed by atoms with Gasteiger partial charge in [-0.25, -0.2) is 9.89 Å². The Labute approximate surface area is 117 Å². The molecule has 8 heteroatoms. The lowest BCUT2D eigenvalue weighted by Gasteiger charge is -2.33. The predicted molar refractivity (Wildman–Crippen MR) is 72.3 cm³/mol. The zero-order chi connectivity index (χ0) is 13.5. The molecule has 1 unspecified atom stereocenters. The van der Waals surface area contributed by atoms with E-state index < -0.39 is 11.4 Å². The third-order valence-corrected chi connectivity index (χ3v) is 4.11. The van der Waals surface area contributed by atoms with Crippen molar-refractivity contribution in [2.24, 2.45) is 0 Å². The molecule has 19 heavy (non-hydrogen) atoms. The highest BCUT2D eigenvalue weighted by Crippen LogP contribution is 2.37. The number of H-pyrrole nitrogens is 1. The van der Waals surface area contributed by atoms with Gasteiger partial charge in [0.25, 0.3) is 0 Å². The van der Waals surface area contributed by atoms with E-state index in [1.165, 1.54) is 11.8 Å². The molecule has 98 valence electrons. The van der Waals surface area contributed by atoms with Gasteiger partial charge in [-0.2, -0.15) is 10.1 Å². The molecule has 0 spiro atoms. The molecular weight excluding hydrogens is 288 g/mol. The fourth-order valence-electron chi connectivity index (χ4n) is 1.79. The van der Waals surface area contributed by atoms with Crippen molar-refractivity contribution in [1.29, 1.82) is 0 Å². The third-order valence-electron chi connectivity index (χ3n) is 2.73. The van der Waals surface area contributed by atoms with E-state index in [1.807, 2.05) is 0 Å². The smallest absolute Gasteiger partial charge is 0.362 e. The van der Waals surface area contributed by atoms with Gasteiger partial charge in [0, 0.05) is 10.6 Å². The van der Waals surface area contributed by atoms with Crippen molar-refractivity contribution < 1.29 is 5.11 Å². The van der Waals surface area contributed by atoms with Crippen molar-refractivity contribution in [3.63, 3.8) is 0 Å². The summed E-state index contributed by atoms with van der Waals surface area (Å²) in [5.41, 5.74) is -1.11. The summed E-state index contributed by atoms with van der Waals surface area (Å²) in [6.45, 7) is 0. The molecule has 0 radical (unpaired) electrons. The first-order valence-electron chi connectivity index (χ1n) is 5.43. The molecule has 1 aromatic heterocycles. The van der Waals surface area contributed by atoms with Crippen LogP contribution in [0.3, 0.4) is 0 Å². The Morgan fingerprint density at radius 1 is 1.37 bits per heavy atom. The largest absolute Gasteiger partial charge is 0.366 e. The Morgan fingerprint density at radius 2 is 2.11 bits per heavy atom. The number of aliphatic hydroxyl groups is 1. The Hall–Kier alpha value is -1.57. The number of benzene rings is 1.